The molecule has 0 saturated heterocycles. The van der Waals surface area contributed by atoms with E-state index in [1.807, 2.05) is 67.0 Å². The molecule has 0 amide bonds. The molecule has 3 nitrogen and oxygen atoms in total. The minimum atomic E-state index is -0.243. The fourth-order valence-electron chi connectivity index (χ4n) is 3.83. The summed E-state index contributed by atoms with van der Waals surface area (Å²) in [6, 6.07) is 32.6. The van der Waals surface area contributed by atoms with E-state index in [-0.39, 0.29) is 17.2 Å². The van der Waals surface area contributed by atoms with Crippen LogP contribution >= 0.6 is 0 Å². The van der Waals surface area contributed by atoms with Gasteiger partial charge in [-0.2, -0.15) is 4.57 Å². The zero-order valence-corrected chi connectivity index (χ0v) is 16.8. The second-order valence-corrected chi connectivity index (χ2v) is 7.44. The molecule has 0 aliphatic carbocycles. The van der Waals surface area contributed by atoms with Crippen molar-refractivity contribution in [1.29, 1.82) is 0 Å². The van der Waals surface area contributed by atoms with Crippen molar-refractivity contribution in [2.75, 3.05) is 0 Å². The summed E-state index contributed by atoms with van der Waals surface area (Å²) < 4.78 is 1.72. The van der Waals surface area contributed by atoms with Gasteiger partial charge in [-0.15, -0.1) is 0 Å². The Hall–Kier alpha value is -4.24. The van der Waals surface area contributed by atoms with Crippen LogP contribution in [0.4, 0.5) is 0 Å². The van der Waals surface area contributed by atoms with Gasteiger partial charge in [0.2, 0.25) is 0 Å². The predicted molar refractivity (Wildman–Crippen MR) is 125 cm³/mol. The van der Waals surface area contributed by atoms with Crippen LogP contribution in [0.5, 0.6) is 0 Å². The first kappa shape index (κ1) is 18.8. The third-order valence-electron chi connectivity index (χ3n) is 5.43. The molecule has 0 saturated carbocycles. The summed E-state index contributed by atoms with van der Waals surface area (Å²) in [6.45, 7) is 0. The first-order chi connectivity index (χ1) is 15.2. The minimum absolute atomic E-state index is 0.0559. The maximum atomic E-state index is 13.5. The number of allylic oxidation sites excluding steroid dienone is 1. The summed E-state index contributed by atoms with van der Waals surface area (Å²) >= 11 is 0. The molecule has 1 heterocycles. The number of aromatic nitrogens is 1. The summed E-state index contributed by atoms with van der Waals surface area (Å²) in [5.74, 6) is -0.299. The SMILES string of the molecule is O=C(/C(=C(\O)c1ccccc1)[n+]1ccc2cc3ccccc3cc2c1)c1ccccc1. The molecule has 5 rings (SSSR count). The Morgan fingerprint density at radius 2 is 1.13 bits per heavy atom. The van der Waals surface area contributed by atoms with Crippen LogP contribution < -0.4 is 4.57 Å². The normalized spacial score (nSPS) is 12.0. The molecule has 0 fully saturated rings. The fourth-order valence-corrected chi connectivity index (χ4v) is 3.83. The molecule has 0 aliphatic rings. The molecule has 1 N–H and O–H groups in total. The van der Waals surface area contributed by atoms with Crippen molar-refractivity contribution >= 4 is 38.8 Å². The van der Waals surface area contributed by atoms with Gasteiger partial charge in [0.15, 0.2) is 18.2 Å². The Morgan fingerprint density at radius 1 is 0.613 bits per heavy atom. The van der Waals surface area contributed by atoms with Gasteiger partial charge in [0.05, 0.1) is 0 Å². The van der Waals surface area contributed by atoms with Gasteiger partial charge < -0.3 is 5.11 Å². The number of carbonyl (C=O) groups excluding carboxylic acids is 1. The number of Topliss-reactive ketones (excluding diaryl/α,β-unsaturated/α-hetero) is 1. The van der Waals surface area contributed by atoms with E-state index in [4.69, 9.17) is 0 Å². The summed E-state index contributed by atoms with van der Waals surface area (Å²) in [5.41, 5.74) is 1.33. The molecule has 0 aliphatic heterocycles. The van der Waals surface area contributed by atoms with Gasteiger partial charge in [-0.1, -0.05) is 84.9 Å². The molecule has 0 bridgehead atoms. The van der Waals surface area contributed by atoms with E-state index >= 15 is 0 Å². The molecule has 4 aromatic carbocycles. The lowest BCUT2D eigenvalue weighted by molar-refractivity contribution is -0.575. The standard InChI is InChI=1S/C28H19NO2/c30-27(20-9-3-1-4-10-20)26(28(31)21-11-5-2-6-12-21)29-16-15-24-17-22-13-7-8-14-23(22)18-25(24)19-29/h1-19H/p+1. The molecule has 148 valence electrons. The average molecular weight is 402 g/mol. The molecule has 0 spiro atoms. The van der Waals surface area contributed by atoms with Crippen LogP contribution in [0, 0.1) is 0 Å². The molecular formula is C28H20NO2+. The van der Waals surface area contributed by atoms with Gasteiger partial charge in [0, 0.05) is 22.6 Å². The van der Waals surface area contributed by atoms with E-state index in [0.717, 1.165) is 21.5 Å². The van der Waals surface area contributed by atoms with Gasteiger partial charge in [-0.3, -0.25) is 4.79 Å². The highest BCUT2D eigenvalue weighted by Crippen LogP contribution is 2.24. The van der Waals surface area contributed by atoms with Crippen LogP contribution in [0.3, 0.4) is 0 Å². The van der Waals surface area contributed by atoms with Gasteiger partial charge in [0.1, 0.15) is 0 Å². The third-order valence-corrected chi connectivity index (χ3v) is 5.43. The van der Waals surface area contributed by atoms with Crippen molar-refractivity contribution in [3.63, 3.8) is 0 Å². The summed E-state index contributed by atoms with van der Waals surface area (Å²) in [7, 11) is 0. The summed E-state index contributed by atoms with van der Waals surface area (Å²) in [4.78, 5) is 13.5. The van der Waals surface area contributed by atoms with E-state index in [0.29, 0.717) is 11.1 Å². The van der Waals surface area contributed by atoms with E-state index in [1.165, 1.54) is 0 Å². The van der Waals surface area contributed by atoms with Gasteiger partial charge in [-0.25, -0.2) is 0 Å². The van der Waals surface area contributed by atoms with E-state index in [9.17, 15) is 9.90 Å². The number of aliphatic hydroxyl groups is 1. The van der Waals surface area contributed by atoms with Gasteiger partial charge in [0.25, 0.3) is 5.78 Å². The van der Waals surface area contributed by atoms with Crippen LogP contribution in [-0.2, 0) is 0 Å². The first-order valence-corrected chi connectivity index (χ1v) is 10.1. The zero-order valence-electron chi connectivity index (χ0n) is 16.8. The van der Waals surface area contributed by atoms with Crippen LogP contribution in [0.25, 0.3) is 33.0 Å². The Morgan fingerprint density at radius 3 is 1.77 bits per heavy atom. The van der Waals surface area contributed by atoms with Gasteiger partial charge >= 0.3 is 5.70 Å². The number of hydrogen-bond donors (Lipinski definition) is 1. The number of pyridine rings is 1. The van der Waals surface area contributed by atoms with Crippen molar-refractivity contribution in [3.05, 3.63) is 127 Å². The Kier molecular flexibility index (Phi) is 4.77. The monoisotopic (exact) mass is 402 g/mol. The smallest absolute Gasteiger partial charge is 0.301 e. The van der Waals surface area contributed by atoms with Crippen molar-refractivity contribution in [3.8, 4) is 0 Å². The second kappa shape index (κ2) is 7.88. The number of carbonyl (C=O) groups is 1. The van der Waals surface area contributed by atoms with Crippen LogP contribution in [0.1, 0.15) is 15.9 Å². The van der Waals surface area contributed by atoms with Crippen molar-refractivity contribution in [2.45, 2.75) is 0 Å². The Labute approximate surface area is 180 Å². The molecule has 0 atom stereocenters. The van der Waals surface area contributed by atoms with Crippen LogP contribution in [0.2, 0.25) is 0 Å². The van der Waals surface area contributed by atoms with E-state index < -0.39 is 0 Å². The number of benzene rings is 4. The Bertz CT molecular complexity index is 1440. The van der Waals surface area contributed by atoms with Crippen LogP contribution in [0.15, 0.2) is 116 Å². The highest BCUT2D eigenvalue weighted by molar-refractivity contribution is 6.26. The largest absolute Gasteiger partial charge is 0.502 e. The van der Waals surface area contributed by atoms with Crippen molar-refractivity contribution < 1.29 is 14.5 Å². The second-order valence-electron chi connectivity index (χ2n) is 7.44. The molecule has 31 heavy (non-hydrogen) atoms. The molecule has 1 aromatic heterocycles. The minimum Gasteiger partial charge on any atom is -0.502 e. The zero-order chi connectivity index (χ0) is 21.2. The highest BCUT2D eigenvalue weighted by Gasteiger charge is 2.28. The molecular weight excluding hydrogens is 382 g/mol. The number of aliphatic hydroxyl groups excluding tert-OH is 1. The number of rotatable bonds is 4. The van der Waals surface area contributed by atoms with Gasteiger partial charge in [-0.05, 0) is 28.3 Å². The van der Waals surface area contributed by atoms with Crippen LogP contribution in [-0.4, -0.2) is 10.9 Å². The fraction of sp³-hybridized carbons (Fsp3) is 0. The maximum absolute atomic E-state index is 13.5. The number of ketones is 1. The molecule has 0 radical (unpaired) electrons. The van der Waals surface area contributed by atoms with E-state index in [2.05, 4.69) is 24.3 Å². The number of nitrogens with zero attached hydrogens (tertiary/aromatic N) is 1. The quantitative estimate of drug-likeness (QED) is 0.131. The third kappa shape index (κ3) is 3.58. The predicted octanol–water partition coefficient (Wildman–Crippen LogP) is 6.05. The highest BCUT2D eigenvalue weighted by atomic mass is 16.3. The molecule has 5 aromatic rings. The Balaban J connectivity index is 1.73. The number of fused-ring (bicyclic) bond motifs is 2. The molecule has 0 unspecified atom stereocenters. The summed E-state index contributed by atoms with van der Waals surface area (Å²) in [5, 5.41) is 15.5. The van der Waals surface area contributed by atoms with Crippen molar-refractivity contribution in [2.24, 2.45) is 0 Å². The molecule has 3 heteroatoms. The van der Waals surface area contributed by atoms with E-state index in [1.54, 1.807) is 28.8 Å². The lowest BCUT2D eigenvalue weighted by atomic mass is 10.0. The summed E-state index contributed by atoms with van der Waals surface area (Å²) in [6.07, 6.45) is 3.73. The maximum Gasteiger partial charge on any atom is 0.301 e. The lowest BCUT2D eigenvalue weighted by Crippen LogP contribution is -2.36. The topological polar surface area (TPSA) is 41.2 Å². The van der Waals surface area contributed by atoms with Crippen molar-refractivity contribution in [1.82, 2.24) is 0 Å². The first-order valence-electron chi connectivity index (χ1n) is 10.1. The lowest BCUT2D eigenvalue weighted by Gasteiger charge is -2.07. The average Bonchev–Trinajstić information content (AvgIpc) is 2.83. The number of hydrogen-bond acceptors (Lipinski definition) is 2.